The van der Waals surface area contributed by atoms with Crippen molar-refractivity contribution in [3.05, 3.63) is 36.4 Å². The lowest BCUT2D eigenvalue weighted by atomic mass is 10.1. The summed E-state index contributed by atoms with van der Waals surface area (Å²) in [6.07, 6.45) is 0. The quantitative estimate of drug-likeness (QED) is 0.711. The van der Waals surface area contributed by atoms with Gasteiger partial charge in [-0.15, -0.1) is 0 Å². The third-order valence-corrected chi connectivity index (χ3v) is 5.98. The number of hydrogen-bond acceptors (Lipinski definition) is 0. The molecule has 0 unspecified atom stereocenters. The Balaban J connectivity index is 2.64. The molecule has 0 nitrogen and oxygen atoms in total. The van der Waals surface area contributed by atoms with Crippen LogP contribution in [0, 0.1) is 0 Å². The molecule has 0 saturated carbocycles. The van der Waals surface area contributed by atoms with E-state index in [1.54, 1.807) is 5.19 Å². The molecule has 2 radical (unpaired) electrons. The molecule has 2 aromatic carbocycles. The summed E-state index contributed by atoms with van der Waals surface area (Å²) in [5.41, 5.74) is 0. The number of rotatable bonds is 2. The zero-order valence-electron chi connectivity index (χ0n) is 10.5. The molecule has 0 bridgehead atoms. The molecule has 0 aliphatic carbocycles. The molecule has 2 heteroatoms. The standard InChI is InChI=1S/C14H18Si2/c1-15(2)12-8-9-13-11(10-12)6-5-7-14(13)16(3)4/h5-10H,1-4H3. The molecular weight excluding hydrogens is 224 g/mol. The average molecular weight is 242 g/mol. The van der Waals surface area contributed by atoms with Gasteiger partial charge in [0.15, 0.2) is 0 Å². The molecule has 16 heavy (non-hydrogen) atoms. The molecule has 2 rings (SSSR count). The average Bonchev–Trinajstić information content (AvgIpc) is 2.27. The van der Waals surface area contributed by atoms with Gasteiger partial charge in [-0.05, 0) is 10.8 Å². The molecule has 0 heterocycles. The minimum atomic E-state index is -0.362. The van der Waals surface area contributed by atoms with Gasteiger partial charge in [0.05, 0.1) is 17.6 Å². The van der Waals surface area contributed by atoms with Crippen molar-refractivity contribution in [2.75, 3.05) is 0 Å². The van der Waals surface area contributed by atoms with E-state index in [4.69, 9.17) is 0 Å². The maximum Gasteiger partial charge on any atom is 0.0799 e. The molecule has 0 fully saturated rings. The summed E-state index contributed by atoms with van der Waals surface area (Å²) in [6.45, 7) is 9.43. The van der Waals surface area contributed by atoms with Crippen molar-refractivity contribution < 1.29 is 0 Å². The summed E-state index contributed by atoms with van der Waals surface area (Å²) in [6, 6.07) is 13.8. The van der Waals surface area contributed by atoms with E-state index < -0.39 is 0 Å². The van der Waals surface area contributed by atoms with Crippen LogP contribution in [0.4, 0.5) is 0 Å². The summed E-state index contributed by atoms with van der Waals surface area (Å²) >= 11 is 0. The first-order valence-corrected chi connectivity index (χ1v) is 10.7. The minimum Gasteiger partial charge on any atom is -0.0671 e. The van der Waals surface area contributed by atoms with Crippen LogP contribution in [-0.2, 0) is 0 Å². The highest BCUT2D eigenvalue weighted by Gasteiger charge is 2.07. The Morgan fingerprint density at radius 1 is 0.812 bits per heavy atom. The van der Waals surface area contributed by atoms with Gasteiger partial charge < -0.3 is 0 Å². The van der Waals surface area contributed by atoms with Gasteiger partial charge in [-0.3, -0.25) is 0 Å². The lowest BCUT2D eigenvalue weighted by Crippen LogP contribution is -2.25. The monoisotopic (exact) mass is 242 g/mol. The van der Waals surface area contributed by atoms with E-state index in [-0.39, 0.29) is 17.6 Å². The zero-order chi connectivity index (χ0) is 11.7. The van der Waals surface area contributed by atoms with Gasteiger partial charge in [0, 0.05) is 0 Å². The fourth-order valence-electron chi connectivity index (χ4n) is 2.03. The van der Waals surface area contributed by atoms with Crippen molar-refractivity contribution in [2.45, 2.75) is 26.2 Å². The van der Waals surface area contributed by atoms with Crippen LogP contribution in [0.1, 0.15) is 0 Å². The van der Waals surface area contributed by atoms with E-state index in [2.05, 4.69) is 62.6 Å². The van der Waals surface area contributed by atoms with Gasteiger partial charge in [-0.1, -0.05) is 73.0 Å². The summed E-state index contributed by atoms with van der Waals surface area (Å²) in [7, 11) is -0.688. The van der Waals surface area contributed by atoms with Gasteiger partial charge >= 0.3 is 0 Å². The fraction of sp³-hybridized carbons (Fsp3) is 0.286. The Bertz CT molecular complexity index is 501. The van der Waals surface area contributed by atoms with Crippen molar-refractivity contribution >= 4 is 38.7 Å². The van der Waals surface area contributed by atoms with Crippen molar-refractivity contribution in [3.63, 3.8) is 0 Å². The number of hydrogen-bond donors (Lipinski definition) is 0. The van der Waals surface area contributed by atoms with Gasteiger partial charge in [0.1, 0.15) is 0 Å². The van der Waals surface area contributed by atoms with E-state index in [0.717, 1.165) is 0 Å². The Kier molecular flexibility index (Phi) is 3.31. The molecule has 0 amide bonds. The van der Waals surface area contributed by atoms with E-state index >= 15 is 0 Å². The molecule has 0 aromatic heterocycles. The van der Waals surface area contributed by atoms with Crippen molar-refractivity contribution in [1.29, 1.82) is 0 Å². The third-order valence-electron chi connectivity index (χ3n) is 3.00. The first-order valence-electron chi connectivity index (χ1n) is 5.73. The molecule has 0 N–H and O–H groups in total. The number of fused-ring (bicyclic) bond motifs is 1. The zero-order valence-corrected chi connectivity index (χ0v) is 12.5. The summed E-state index contributed by atoms with van der Waals surface area (Å²) in [5, 5.41) is 5.99. The molecule has 82 valence electrons. The Morgan fingerprint density at radius 2 is 1.56 bits per heavy atom. The minimum absolute atomic E-state index is 0.327. The van der Waals surface area contributed by atoms with Crippen LogP contribution < -0.4 is 10.4 Å². The van der Waals surface area contributed by atoms with E-state index in [1.165, 1.54) is 16.0 Å². The first-order chi connectivity index (χ1) is 7.59. The lowest BCUT2D eigenvalue weighted by Gasteiger charge is -2.11. The Hall–Kier alpha value is -0.866. The predicted octanol–water partition coefficient (Wildman–Crippen LogP) is 2.76. The van der Waals surface area contributed by atoms with Crippen LogP contribution in [0.15, 0.2) is 36.4 Å². The smallest absolute Gasteiger partial charge is 0.0671 e. The predicted molar refractivity (Wildman–Crippen MR) is 78.2 cm³/mol. The fourth-order valence-corrected chi connectivity index (χ4v) is 4.09. The molecule has 0 saturated heterocycles. The maximum atomic E-state index is 2.39. The highest BCUT2D eigenvalue weighted by atomic mass is 28.3. The van der Waals surface area contributed by atoms with Crippen LogP contribution in [0.2, 0.25) is 26.2 Å². The van der Waals surface area contributed by atoms with E-state index in [0.29, 0.717) is 0 Å². The first kappa shape index (κ1) is 11.6. The summed E-state index contributed by atoms with van der Waals surface area (Å²) < 4.78 is 0. The Morgan fingerprint density at radius 3 is 2.19 bits per heavy atom. The van der Waals surface area contributed by atoms with Crippen molar-refractivity contribution in [1.82, 2.24) is 0 Å². The second kappa shape index (κ2) is 4.56. The summed E-state index contributed by atoms with van der Waals surface area (Å²) in [4.78, 5) is 0. The topological polar surface area (TPSA) is 0 Å². The van der Waals surface area contributed by atoms with Crippen LogP contribution in [0.3, 0.4) is 0 Å². The van der Waals surface area contributed by atoms with Crippen LogP contribution in [0.25, 0.3) is 10.8 Å². The van der Waals surface area contributed by atoms with Gasteiger partial charge in [0.25, 0.3) is 0 Å². The van der Waals surface area contributed by atoms with Gasteiger partial charge in [0.2, 0.25) is 0 Å². The number of benzene rings is 2. The van der Waals surface area contributed by atoms with E-state index in [9.17, 15) is 0 Å². The van der Waals surface area contributed by atoms with Gasteiger partial charge in [-0.25, -0.2) is 0 Å². The van der Waals surface area contributed by atoms with Crippen molar-refractivity contribution in [2.24, 2.45) is 0 Å². The molecular formula is C14H18Si2. The largest absolute Gasteiger partial charge is 0.0799 e. The molecule has 0 spiro atoms. The SMILES string of the molecule is C[Si](C)c1ccc2c([Si](C)C)cccc2c1. The second-order valence-electron chi connectivity index (χ2n) is 4.74. The molecule has 0 aliphatic heterocycles. The maximum absolute atomic E-state index is 2.39. The van der Waals surface area contributed by atoms with Crippen LogP contribution >= 0.6 is 0 Å². The van der Waals surface area contributed by atoms with E-state index in [1.807, 2.05) is 0 Å². The third kappa shape index (κ3) is 2.13. The Labute approximate surface area is 102 Å². The highest BCUT2D eigenvalue weighted by molar-refractivity contribution is 6.73. The second-order valence-corrected chi connectivity index (χ2v) is 9.86. The normalized spacial score (nSPS) is 11.6. The molecule has 2 aromatic rings. The summed E-state index contributed by atoms with van der Waals surface area (Å²) in [5.74, 6) is 0. The van der Waals surface area contributed by atoms with Crippen molar-refractivity contribution in [3.8, 4) is 0 Å². The molecule has 0 atom stereocenters. The van der Waals surface area contributed by atoms with Gasteiger partial charge in [-0.2, -0.15) is 0 Å². The van der Waals surface area contributed by atoms with Crippen LogP contribution in [0.5, 0.6) is 0 Å². The molecule has 0 aliphatic rings. The van der Waals surface area contributed by atoms with Crippen LogP contribution in [-0.4, -0.2) is 17.6 Å². The highest BCUT2D eigenvalue weighted by Crippen LogP contribution is 2.11. The lowest BCUT2D eigenvalue weighted by molar-refractivity contribution is 1.78.